The molecule has 0 heterocycles. The van der Waals surface area contributed by atoms with Gasteiger partial charge in [-0.25, -0.2) is 4.79 Å². The third kappa shape index (κ3) is 3.87. The van der Waals surface area contributed by atoms with Crippen LogP contribution in [0.2, 0.25) is 0 Å². The van der Waals surface area contributed by atoms with Gasteiger partial charge < -0.3 is 14.9 Å². The predicted molar refractivity (Wildman–Crippen MR) is 78.3 cm³/mol. The molecule has 1 aromatic rings. The van der Waals surface area contributed by atoms with Gasteiger partial charge in [0.05, 0.1) is 13.2 Å². The number of halogens is 1. The van der Waals surface area contributed by atoms with Gasteiger partial charge in [0.15, 0.2) is 0 Å². The molecule has 0 bridgehead atoms. The molecule has 0 aromatic heterocycles. The first-order valence-electron chi connectivity index (χ1n) is 6.60. The van der Waals surface area contributed by atoms with Crippen LogP contribution in [0, 0.1) is 12.8 Å². The van der Waals surface area contributed by atoms with E-state index in [1.807, 2.05) is 13.8 Å². The number of carbonyl (C=O) groups excluding carboxylic acids is 1. The summed E-state index contributed by atoms with van der Waals surface area (Å²) in [4.78, 5) is 12.1. The molecule has 0 aliphatic rings. The van der Waals surface area contributed by atoms with E-state index in [1.165, 1.54) is 6.07 Å². The standard InChI is InChI=1S/C15H21ClO4/c1-9(2)8-20-15(19)14-10(3)12(4-5-16)11(7-17)6-13(14)18/h6,9,17-18H,4-5,7-8H2,1-3H3. The number of carbonyl (C=O) groups is 1. The lowest BCUT2D eigenvalue weighted by Gasteiger charge is -2.16. The topological polar surface area (TPSA) is 66.8 Å². The largest absolute Gasteiger partial charge is 0.507 e. The number of aliphatic hydroxyl groups excluding tert-OH is 1. The second kappa shape index (κ2) is 7.50. The van der Waals surface area contributed by atoms with Crippen molar-refractivity contribution in [1.29, 1.82) is 0 Å². The number of phenolic OH excluding ortho intramolecular Hbond substituents is 1. The molecule has 0 saturated carbocycles. The minimum absolute atomic E-state index is 0.156. The molecule has 1 rings (SSSR count). The van der Waals surface area contributed by atoms with Gasteiger partial charge in [0.1, 0.15) is 11.3 Å². The van der Waals surface area contributed by atoms with Crippen LogP contribution in [0.3, 0.4) is 0 Å². The molecule has 0 aliphatic heterocycles. The molecule has 1 aromatic carbocycles. The van der Waals surface area contributed by atoms with Crippen LogP contribution in [0.5, 0.6) is 5.75 Å². The molecule has 0 unspecified atom stereocenters. The molecule has 5 heteroatoms. The molecular formula is C15H21ClO4. The molecule has 20 heavy (non-hydrogen) atoms. The quantitative estimate of drug-likeness (QED) is 0.626. The van der Waals surface area contributed by atoms with Gasteiger partial charge in [0, 0.05) is 5.88 Å². The summed E-state index contributed by atoms with van der Waals surface area (Å²) in [7, 11) is 0. The first-order valence-corrected chi connectivity index (χ1v) is 7.14. The summed E-state index contributed by atoms with van der Waals surface area (Å²) in [5.74, 6) is -0.118. The molecule has 112 valence electrons. The van der Waals surface area contributed by atoms with Gasteiger partial charge >= 0.3 is 5.97 Å². The lowest BCUT2D eigenvalue weighted by Crippen LogP contribution is -2.14. The minimum Gasteiger partial charge on any atom is -0.507 e. The summed E-state index contributed by atoms with van der Waals surface area (Å²) in [6.07, 6.45) is 0.522. The number of alkyl halides is 1. The number of hydrogen-bond donors (Lipinski definition) is 2. The summed E-state index contributed by atoms with van der Waals surface area (Å²) in [5.41, 5.74) is 2.14. The second-order valence-electron chi connectivity index (χ2n) is 5.12. The highest BCUT2D eigenvalue weighted by atomic mass is 35.5. The van der Waals surface area contributed by atoms with Crippen LogP contribution < -0.4 is 0 Å². The van der Waals surface area contributed by atoms with Crippen LogP contribution in [-0.4, -0.2) is 28.7 Å². The van der Waals surface area contributed by atoms with Crippen molar-refractivity contribution < 1.29 is 19.7 Å². The van der Waals surface area contributed by atoms with E-state index in [2.05, 4.69) is 0 Å². The van der Waals surface area contributed by atoms with Crippen molar-refractivity contribution in [2.24, 2.45) is 5.92 Å². The Bertz CT molecular complexity index is 483. The van der Waals surface area contributed by atoms with E-state index in [-0.39, 0.29) is 23.8 Å². The minimum atomic E-state index is -0.547. The highest BCUT2D eigenvalue weighted by molar-refractivity contribution is 6.18. The average molecular weight is 301 g/mol. The molecule has 0 amide bonds. The number of hydrogen-bond acceptors (Lipinski definition) is 4. The molecule has 0 atom stereocenters. The summed E-state index contributed by atoms with van der Waals surface area (Å²) in [6, 6.07) is 1.40. The Balaban J connectivity index is 3.19. The van der Waals surface area contributed by atoms with Crippen molar-refractivity contribution in [1.82, 2.24) is 0 Å². The summed E-state index contributed by atoms with van der Waals surface area (Å²) in [6.45, 7) is 5.69. The third-order valence-corrected chi connectivity index (χ3v) is 3.24. The van der Waals surface area contributed by atoms with Gasteiger partial charge in [-0.15, -0.1) is 11.6 Å². The average Bonchev–Trinajstić information content (AvgIpc) is 2.39. The fourth-order valence-electron chi connectivity index (χ4n) is 2.06. The Hall–Kier alpha value is -1.26. The van der Waals surface area contributed by atoms with Crippen molar-refractivity contribution in [3.05, 3.63) is 28.3 Å². The Labute approximate surface area is 124 Å². The molecule has 0 fully saturated rings. The van der Waals surface area contributed by atoms with E-state index in [4.69, 9.17) is 16.3 Å². The van der Waals surface area contributed by atoms with E-state index in [1.54, 1.807) is 6.92 Å². The van der Waals surface area contributed by atoms with E-state index in [9.17, 15) is 15.0 Å². The monoisotopic (exact) mass is 300 g/mol. The molecule has 0 spiro atoms. The Morgan fingerprint density at radius 2 is 2.10 bits per heavy atom. The van der Waals surface area contributed by atoms with Crippen LogP contribution in [0.15, 0.2) is 6.07 Å². The van der Waals surface area contributed by atoms with Gasteiger partial charge in [-0.1, -0.05) is 13.8 Å². The summed E-state index contributed by atoms with van der Waals surface area (Å²) >= 11 is 5.75. The predicted octanol–water partition coefficient (Wildman–Crippen LogP) is 2.79. The lowest BCUT2D eigenvalue weighted by molar-refractivity contribution is 0.0454. The maximum atomic E-state index is 12.1. The molecule has 2 N–H and O–H groups in total. The SMILES string of the molecule is Cc1c(CCCl)c(CO)cc(O)c1C(=O)OCC(C)C. The van der Waals surface area contributed by atoms with Gasteiger partial charge in [-0.2, -0.15) is 0 Å². The van der Waals surface area contributed by atoms with E-state index in [0.717, 1.165) is 5.56 Å². The maximum absolute atomic E-state index is 12.1. The van der Waals surface area contributed by atoms with E-state index in [0.29, 0.717) is 30.0 Å². The highest BCUT2D eigenvalue weighted by Crippen LogP contribution is 2.29. The van der Waals surface area contributed by atoms with Crippen molar-refractivity contribution >= 4 is 17.6 Å². The Morgan fingerprint density at radius 1 is 1.45 bits per heavy atom. The lowest BCUT2D eigenvalue weighted by atomic mass is 9.94. The maximum Gasteiger partial charge on any atom is 0.342 e. The molecule has 0 saturated heterocycles. The van der Waals surface area contributed by atoms with Crippen molar-refractivity contribution in [2.75, 3.05) is 12.5 Å². The van der Waals surface area contributed by atoms with Crippen LogP contribution in [0.4, 0.5) is 0 Å². The number of benzene rings is 1. The first kappa shape index (κ1) is 16.8. The summed E-state index contributed by atoms with van der Waals surface area (Å²) in [5, 5.41) is 19.3. The fourth-order valence-corrected chi connectivity index (χ4v) is 2.25. The van der Waals surface area contributed by atoms with Crippen molar-refractivity contribution in [3.63, 3.8) is 0 Å². The Kier molecular flexibility index (Phi) is 6.30. The van der Waals surface area contributed by atoms with Crippen LogP contribution >= 0.6 is 11.6 Å². The number of rotatable bonds is 6. The molecule has 0 radical (unpaired) electrons. The number of esters is 1. The normalized spacial score (nSPS) is 10.9. The van der Waals surface area contributed by atoms with Gasteiger partial charge in [-0.3, -0.25) is 0 Å². The van der Waals surface area contributed by atoms with Gasteiger partial charge in [0.2, 0.25) is 0 Å². The van der Waals surface area contributed by atoms with Crippen LogP contribution in [-0.2, 0) is 17.8 Å². The number of aromatic hydroxyl groups is 1. The molecular weight excluding hydrogens is 280 g/mol. The smallest absolute Gasteiger partial charge is 0.342 e. The van der Waals surface area contributed by atoms with Gasteiger partial charge in [-0.05, 0) is 42.0 Å². The zero-order valence-corrected chi connectivity index (χ0v) is 12.8. The molecule has 4 nitrogen and oxygen atoms in total. The van der Waals surface area contributed by atoms with E-state index < -0.39 is 5.97 Å². The zero-order chi connectivity index (χ0) is 15.3. The van der Waals surface area contributed by atoms with E-state index >= 15 is 0 Å². The number of aliphatic hydroxyl groups is 1. The van der Waals surface area contributed by atoms with Crippen LogP contribution in [0.1, 0.15) is 40.9 Å². The van der Waals surface area contributed by atoms with Crippen molar-refractivity contribution in [2.45, 2.75) is 33.8 Å². The summed E-state index contributed by atoms with van der Waals surface area (Å²) < 4.78 is 5.16. The Morgan fingerprint density at radius 3 is 2.60 bits per heavy atom. The highest BCUT2D eigenvalue weighted by Gasteiger charge is 2.21. The second-order valence-corrected chi connectivity index (χ2v) is 5.50. The zero-order valence-electron chi connectivity index (χ0n) is 12.1. The van der Waals surface area contributed by atoms with Gasteiger partial charge in [0.25, 0.3) is 0 Å². The fraction of sp³-hybridized carbons (Fsp3) is 0.533. The van der Waals surface area contributed by atoms with Crippen molar-refractivity contribution in [3.8, 4) is 5.75 Å². The van der Waals surface area contributed by atoms with Crippen LogP contribution in [0.25, 0.3) is 0 Å². The third-order valence-electron chi connectivity index (χ3n) is 3.05. The first-order chi connectivity index (χ1) is 9.42. The number of ether oxygens (including phenoxy) is 1. The number of phenols is 1. The molecule has 0 aliphatic carbocycles.